The zero-order valence-corrected chi connectivity index (χ0v) is 16.4. The van der Waals surface area contributed by atoms with E-state index in [0.29, 0.717) is 24.0 Å². The van der Waals surface area contributed by atoms with E-state index in [9.17, 15) is 0 Å². The molecule has 0 aliphatic heterocycles. The van der Waals surface area contributed by atoms with Gasteiger partial charge in [0.1, 0.15) is 11.6 Å². The van der Waals surface area contributed by atoms with Crippen molar-refractivity contribution in [3.63, 3.8) is 0 Å². The molecule has 0 fully saturated rings. The highest BCUT2D eigenvalue weighted by atomic mass is 16.5. The lowest BCUT2D eigenvalue weighted by Gasteiger charge is -2.12. The summed E-state index contributed by atoms with van der Waals surface area (Å²) in [6.07, 6.45) is 0. The molecule has 1 aromatic heterocycles. The molecule has 0 aliphatic rings. The lowest BCUT2D eigenvalue weighted by atomic mass is 10.2. The average molecular weight is 380 g/mol. The van der Waals surface area contributed by atoms with Gasteiger partial charge in [-0.15, -0.1) is 0 Å². The molecule has 3 aromatic rings. The van der Waals surface area contributed by atoms with Gasteiger partial charge in [-0.25, -0.2) is 4.98 Å². The maximum atomic E-state index is 5.34. The third kappa shape index (κ3) is 4.82. The second-order valence-electron chi connectivity index (χ2n) is 6.11. The summed E-state index contributed by atoms with van der Waals surface area (Å²) in [5.41, 5.74) is 2.80. The van der Waals surface area contributed by atoms with Crippen LogP contribution in [0, 0.1) is 6.92 Å². The Hall–Kier alpha value is -3.48. The summed E-state index contributed by atoms with van der Waals surface area (Å²) in [5.74, 6) is 3.39. The van der Waals surface area contributed by atoms with E-state index >= 15 is 0 Å². The largest absolute Gasteiger partial charge is 0.497 e. The minimum Gasteiger partial charge on any atom is -0.497 e. The Morgan fingerprint density at radius 1 is 0.821 bits per heavy atom. The molecule has 2 N–H and O–H groups in total. The number of methoxy groups -OCH3 is 3. The standard InChI is InChI=1S/C21H24N4O3/c1-14-11-20(22-13-15-5-8-17(26-2)9-6-15)25-21(23-14)24-16-7-10-18(27-3)19(12-16)28-4/h5-12H,13H2,1-4H3,(H2,22,23,24,25). The van der Waals surface area contributed by atoms with Crippen LogP contribution in [0.2, 0.25) is 0 Å². The first-order valence-electron chi connectivity index (χ1n) is 8.83. The molecule has 0 atom stereocenters. The maximum Gasteiger partial charge on any atom is 0.229 e. The van der Waals surface area contributed by atoms with Crippen LogP contribution in [0.3, 0.4) is 0 Å². The Labute approximate surface area is 164 Å². The molecule has 0 amide bonds. The Bertz CT molecular complexity index is 929. The summed E-state index contributed by atoms with van der Waals surface area (Å²) in [5, 5.41) is 6.54. The van der Waals surface area contributed by atoms with Crippen LogP contribution < -0.4 is 24.8 Å². The van der Waals surface area contributed by atoms with Gasteiger partial charge in [0.05, 0.1) is 21.3 Å². The molecule has 0 saturated heterocycles. The van der Waals surface area contributed by atoms with Crippen LogP contribution in [-0.4, -0.2) is 31.3 Å². The molecule has 7 heteroatoms. The minimum atomic E-state index is 0.504. The SMILES string of the molecule is COc1ccc(CNc2cc(C)nc(Nc3ccc(OC)c(OC)c3)n2)cc1. The summed E-state index contributed by atoms with van der Waals surface area (Å²) in [6, 6.07) is 15.4. The molecule has 1 heterocycles. The Balaban J connectivity index is 1.72. The quantitative estimate of drug-likeness (QED) is 0.607. The van der Waals surface area contributed by atoms with Gasteiger partial charge < -0.3 is 24.8 Å². The van der Waals surface area contributed by atoms with Crippen LogP contribution in [0.25, 0.3) is 0 Å². The zero-order valence-electron chi connectivity index (χ0n) is 16.4. The fourth-order valence-electron chi connectivity index (χ4n) is 2.69. The molecule has 0 bridgehead atoms. The third-order valence-electron chi connectivity index (χ3n) is 4.13. The van der Waals surface area contributed by atoms with Crippen molar-refractivity contribution in [2.24, 2.45) is 0 Å². The number of benzene rings is 2. The lowest BCUT2D eigenvalue weighted by molar-refractivity contribution is 0.355. The van der Waals surface area contributed by atoms with Crippen molar-refractivity contribution in [1.82, 2.24) is 9.97 Å². The minimum absolute atomic E-state index is 0.504. The topological polar surface area (TPSA) is 77.5 Å². The molecule has 2 aromatic carbocycles. The van der Waals surface area contributed by atoms with E-state index in [1.54, 1.807) is 21.3 Å². The average Bonchev–Trinajstić information content (AvgIpc) is 2.72. The summed E-state index contributed by atoms with van der Waals surface area (Å²) in [7, 11) is 4.87. The van der Waals surface area contributed by atoms with Gasteiger partial charge in [-0.05, 0) is 36.8 Å². The first-order valence-corrected chi connectivity index (χ1v) is 8.83. The third-order valence-corrected chi connectivity index (χ3v) is 4.13. The van der Waals surface area contributed by atoms with Gasteiger partial charge in [-0.3, -0.25) is 0 Å². The van der Waals surface area contributed by atoms with Gasteiger partial charge in [0.25, 0.3) is 0 Å². The number of nitrogens with one attached hydrogen (secondary N) is 2. The van der Waals surface area contributed by atoms with E-state index in [1.807, 2.05) is 55.5 Å². The predicted molar refractivity (Wildman–Crippen MR) is 110 cm³/mol. The molecule has 0 saturated carbocycles. The van der Waals surface area contributed by atoms with Crippen LogP contribution in [0.5, 0.6) is 17.2 Å². The molecule has 146 valence electrons. The maximum absolute atomic E-state index is 5.34. The Morgan fingerprint density at radius 2 is 1.57 bits per heavy atom. The van der Waals surface area contributed by atoms with E-state index < -0.39 is 0 Å². The Kier molecular flexibility index (Phi) is 6.16. The van der Waals surface area contributed by atoms with Gasteiger partial charge in [-0.1, -0.05) is 12.1 Å². The number of ether oxygens (including phenoxy) is 3. The highest BCUT2D eigenvalue weighted by molar-refractivity contribution is 5.60. The molecule has 0 aliphatic carbocycles. The molecule has 0 radical (unpaired) electrons. The molecule has 28 heavy (non-hydrogen) atoms. The highest BCUT2D eigenvalue weighted by Gasteiger charge is 2.07. The number of aromatic nitrogens is 2. The van der Waals surface area contributed by atoms with Crippen molar-refractivity contribution >= 4 is 17.5 Å². The fraction of sp³-hybridized carbons (Fsp3) is 0.238. The lowest BCUT2D eigenvalue weighted by Crippen LogP contribution is -2.05. The van der Waals surface area contributed by atoms with Crippen LogP contribution in [0.1, 0.15) is 11.3 Å². The van der Waals surface area contributed by atoms with Crippen molar-refractivity contribution in [3.8, 4) is 17.2 Å². The van der Waals surface area contributed by atoms with Crippen LogP contribution >= 0.6 is 0 Å². The molecular weight excluding hydrogens is 356 g/mol. The van der Waals surface area contributed by atoms with Crippen molar-refractivity contribution in [1.29, 1.82) is 0 Å². The fourth-order valence-corrected chi connectivity index (χ4v) is 2.69. The van der Waals surface area contributed by atoms with Crippen LogP contribution in [0.15, 0.2) is 48.5 Å². The summed E-state index contributed by atoms with van der Waals surface area (Å²) < 4.78 is 15.8. The summed E-state index contributed by atoms with van der Waals surface area (Å²) in [4.78, 5) is 9.00. The van der Waals surface area contributed by atoms with Crippen molar-refractivity contribution < 1.29 is 14.2 Å². The van der Waals surface area contributed by atoms with E-state index in [4.69, 9.17) is 14.2 Å². The van der Waals surface area contributed by atoms with Gasteiger partial charge >= 0.3 is 0 Å². The molecular formula is C21H24N4O3. The van der Waals surface area contributed by atoms with Crippen LogP contribution in [0.4, 0.5) is 17.5 Å². The predicted octanol–water partition coefficient (Wildman–Crippen LogP) is 4.17. The van der Waals surface area contributed by atoms with E-state index in [0.717, 1.165) is 28.5 Å². The molecule has 0 unspecified atom stereocenters. The van der Waals surface area contributed by atoms with E-state index in [1.165, 1.54) is 0 Å². The first-order chi connectivity index (χ1) is 13.6. The van der Waals surface area contributed by atoms with Crippen molar-refractivity contribution in [2.45, 2.75) is 13.5 Å². The first kappa shape index (κ1) is 19.3. The second-order valence-corrected chi connectivity index (χ2v) is 6.11. The van der Waals surface area contributed by atoms with Gasteiger partial charge in [0, 0.05) is 30.1 Å². The second kappa shape index (κ2) is 8.94. The van der Waals surface area contributed by atoms with Gasteiger partial charge in [0.15, 0.2) is 11.5 Å². The van der Waals surface area contributed by atoms with E-state index in [2.05, 4.69) is 20.6 Å². The molecule has 7 nitrogen and oxygen atoms in total. The molecule has 0 spiro atoms. The Morgan fingerprint density at radius 3 is 2.25 bits per heavy atom. The highest BCUT2D eigenvalue weighted by Crippen LogP contribution is 2.30. The summed E-state index contributed by atoms with van der Waals surface area (Å²) >= 11 is 0. The zero-order chi connectivity index (χ0) is 19.9. The number of nitrogens with zero attached hydrogens (tertiary/aromatic N) is 2. The molecule has 3 rings (SSSR count). The van der Waals surface area contributed by atoms with Crippen molar-refractivity contribution in [3.05, 3.63) is 59.8 Å². The van der Waals surface area contributed by atoms with Gasteiger partial charge in [0.2, 0.25) is 5.95 Å². The smallest absolute Gasteiger partial charge is 0.229 e. The van der Waals surface area contributed by atoms with Crippen LogP contribution in [-0.2, 0) is 6.54 Å². The van der Waals surface area contributed by atoms with E-state index in [-0.39, 0.29) is 0 Å². The normalized spacial score (nSPS) is 10.3. The van der Waals surface area contributed by atoms with Gasteiger partial charge in [-0.2, -0.15) is 4.98 Å². The number of hydrogen-bond acceptors (Lipinski definition) is 7. The number of hydrogen-bond donors (Lipinski definition) is 2. The van der Waals surface area contributed by atoms with Crippen molar-refractivity contribution in [2.75, 3.05) is 32.0 Å². The number of anilines is 3. The number of rotatable bonds is 8. The summed E-state index contributed by atoms with van der Waals surface area (Å²) in [6.45, 7) is 2.58. The number of aryl methyl sites for hydroxylation is 1. The monoisotopic (exact) mass is 380 g/mol.